The molecule has 0 unspecified atom stereocenters. The molecule has 0 aliphatic carbocycles. The number of hydrogen-bond acceptors (Lipinski definition) is 1. The van der Waals surface area contributed by atoms with Gasteiger partial charge in [-0.2, -0.15) is 0 Å². The zero-order valence-electron chi connectivity index (χ0n) is 8.36. The molecule has 72 valence electrons. The quantitative estimate of drug-likeness (QED) is 0.493. The molecule has 2 aromatic rings. The molecule has 0 atom stereocenters. The standard InChI is InChI=1S/C11H13N3/c1-12-11(13-2)14-8-7-9-5-3-4-6-10(9)14/h3-8H,1-2H3,(H,12,13). The summed E-state index contributed by atoms with van der Waals surface area (Å²) in [5.41, 5.74) is 1.17. The van der Waals surface area contributed by atoms with Gasteiger partial charge in [-0.25, -0.2) is 0 Å². The molecule has 0 radical (unpaired) electrons. The molecule has 2 rings (SSSR count). The third kappa shape index (κ3) is 1.27. The number of nitrogens with one attached hydrogen (secondary N) is 1. The zero-order valence-corrected chi connectivity index (χ0v) is 8.36. The van der Waals surface area contributed by atoms with E-state index in [1.165, 1.54) is 10.9 Å². The summed E-state index contributed by atoms with van der Waals surface area (Å²) in [7, 11) is 3.65. The van der Waals surface area contributed by atoms with E-state index in [2.05, 4.69) is 28.5 Å². The molecule has 0 bridgehead atoms. The first kappa shape index (κ1) is 8.81. The van der Waals surface area contributed by atoms with Gasteiger partial charge in [-0.3, -0.25) is 9.56 Å². The minimum atomic E-state index is 0.853. The van der Waals surface area contributed by atoms with Crippen molar-refractivity contribution in [3.8, 4) is 0 Å². The minimum Gasteiger partial charge on any atom is -0.359 e. The van der Waals surface area contributed by atoms with Crippen molar-refractivity contribution in [3.05, 3.63) is 36.5 Å². The predicted molar refractivity (Wildman–Crippen MR) is 59.8 cm³/mol. The summed E-state index contributed by atoms with van der Waals surface area (Å²) in [4.78, 5) is 4.17. The molecule has 0 fully saturated rings. The Balaban J connectivity index is 2.63. The molecular weight excluding hydrogens is 174 g/mol. The van der Waals surface area contributed by atoms with E-state index in [1.807, 2.05) is 29.9 Å². The number of rotatable bonds is 0. The van der Waals surface area contributed by atoms with E-state index in [9.17, 15) is 0 Å². The van der Waals surface area contributed by atoms with Crippen molar-refractivity contribution in [1.29, 1.82) is 0 Å². The summed E-state index contributed by atoms with van der Waals surface area (Å²) >= 11 is 0. The van der Waals surface area contributed by atoms with Crippen molar-refractivity contribution in [2.75, 3.05) is 14.1 Å². The summed E-state index contributed by atoms with van der Waals surface area (Å²) in [6.07, 6.45) is 2.02. The first-order valence-corrected chi connectivity index (χ1v) is 4.58. The molecule has 0 aliphatic rings. The monoisotopic (exact) mass is 187 g/mol. The Labute approximate surface area is 83.1 Å². The fraction of sp³-hybridized carbons (Fsp3) is 0.182. The highest BCUT2D eigenvalue weighted by atomic mass is 15.2. The molecule has 1 aromatic carbocycles. The number of hydrogen-bond donors (Lipinski definition) is 1. The molecule has 1 N–H and O–H groups in total. The van der Waals surface area contributed by atoms with Gasteiger partial charge in [0.25, 0.3) is 0 Å². The molecule has 0 saturated heterocycles. The Kier molecular flexibility index (Phi) is 2.23. The maximum Gasteiger partial charge on any atom is 0.202 e. The molecule has 0 saturated carbocycles. The van der Waals surface area contributed by atoms with Gasteiger partial charge in [0.15, 0.2) is 0 Å². The van der Waals surface area contributed by atoms with Crippen molar-refractivity contribution in [2.45, 2.75) is 0 Å². The van der Waals surface area contributed by atoms with Gasteiger partial charge in [0.1, 0.15) is 0 Å². The van der Waals surface area contributed by atoms with Gasteiger partial charge in [-0.15, -0.1) is 0 Å². The predicted octanol–water partition coefficient (Wildman–Crippen LogP) is 1.69. The first-order chi connectivity index (χ1) is 6.86. The van der Waals surface area contributed by atoms with Gasteiger partial charge in [0, 0.05) is 25.7 Å². The Morgan fingerprint density at radius 2 is 2.07 bits per heavy atom. The number of aromatic nitrogens is 1. The number of fused-ring (bicyclic) bond motifs is 1. The zero-order chi connectivity index (χ0) is 9.97. The van der Waals surface area contributed by atoms with E-state index < -0.39 is 0 Å². The number of nitrogens with zero attached hydrogens (tertiary/aromatic N) is 2. The van der Waals surface area contributed by atoms with E-state index in [4.69, 9.17) is 0 Å². The molecule has 0 aliphatic heterocycles. The molecular formula is C11H13N3. The van der Waals surface area contributed by atoms with E-state index >= 15 is 0 Å². The number of benzene rings is 1. The highest BCUT2D eigenvalue weighted by Crippen LogP contribution is 2.14. The fourth-order valence-electron chi connectivity index (χ4n) is 1.61. The third-order valence-corrected chi connectivity index (χ3v) is 2.26. The summed E-state index contributed by atoms with van der Waals surface area (Å²) < 4.78 is 2.04. The normalized spacial score (nSPS) is 12.0. The molecule has 3 nitrogen and oxygen atoms in total. The Hall–Kier alpha value is -1.77. The van der Waals surface area contributed by atoms with Crippen LogP contribution < -0.4 is 5.32 Å². The third-order valence-electron chi connectivity index (χ3n) is 2.26. The summed E-state index contributed by atoms with van der Waals surface area (Å²) in [6.45, 7) is 0. The van der Waals surface area contributed by atoms with Crippen LogP contribution in [0.1, 0.15) is 0 Å². The molecule has 0 amide bonds. The summed E-state index contributed by atoms with van der Waals surface area (Å²) in [5.74, 6) is 0.853. The second kappa shape index (κ2) is 3.54. The van der Waals surface area contributed by atoms with Crippen molar-refractivity contribution in [1.82, 2.24) is 9.88 Å². The SMILES string of the molecule is CN=C(NC)n1ccc2ccccc21. The van der Waals surface area contributed by atoms with Gasteiger partial charge in [-0.05, 0) is 12.1 Å². The van der Waals surface area contributed by atoms with Gasteiger partial charge in [0.05, 0.1) is 5.52 Å². The second-order valence-electron chi connectivity index (χ2n) is 3.04. The van der Waals surface area contributed by atoms with Crippen molar-refractivity contribution >= 4 is 16.9 Å². The highest BCUT2D eigenvalue weighted by molar-refractivity contribution is 5.93. The van der Waals surface area contributed by atoms with Crippen LogP contribution >= 0.6 is 0 Å². The van der Waals surface area contributed by atoms with Gasteiger partial charge >= 0.3 is 0 Å². The van der Waals surface area contributed by atoms with Crippen molar-refractivity contribution < 1.29 is 0 Å². The van der Waals surface area contributed by atoms with E-state index in [0.29, 0.717) is 0 Å². The van der Waals surface area contributed by atoms with Crippen molar-refractivity contribution in [2.24, 2.45) is 4.99 Å². The fourth-order valence-corrected chi connectivity index (χ4v) is 1.61. The largest absolute Gasteiger partial charge is 0.359 e. The smallest absolute Gasteiger partial charge is 0.202 e. The summed E-state index contributed by atoms with van der Waals surface area (Å²) in [5, 5.41) is 4.29. The molecule has 14 heavy (non-hydrogen) atoms. The molecule has 1 aromatic heterocycles. The Bertz CT molecular complexity index is 468. The lowest BCUT2D eigenvalue weighted by Crippen LogP contribution is -2.25. The molecule has 3 heteroatoms. The Morgan fingerprint density at radius 3 is 2.79 bits per heavy atom. The van der Waals surface area contributed by atoms with Crippen LogP contribution in [0, 0.1) is 0 Å². The van der Waals surface area contributed by atoms with Gasteiger partial charge < -0.3 is 5.32 Å². The second-order valence-corrected chi connectivity index (χ2v) is 3.04. The lowest BCUT2D eigenvalue weighted by Gasteiger charge is -2.07. The lowest BCUT2D eigenvalue weighted by atomic mass is 10.2. The number of para-hydroxylation sites is 1. The van der Waals surface area contributed by atoms with E-state index in [0.717, 1.165) is 5.96 Å². The van der Waals surface area contributed by atoms with Crippen LogP contribution in [0.3, 0.4) is 0 Å². The van der Waals surface area contributed by atoms with Crippen LogP contribution in [0.4, 0.5) is 0 Å². The lowest BCUT2D eigenvalue weighted by molar-refractivity contribution is 1.03. The first-order valence-electron chi connectivity index (χ1n) is 4.58. The van der Waals surface area contributed by atoms with Gasteiger partial charge in [-0.1, -0.05) is 18.2 Å². The van der Waals surface area contributed by atoms with Crippen molar-refractivity contribution in [3.63, 3.8) is 0 Å². The maximum absolute atomic E-state index is 4.17. The van der Waals surface area contributed by atoms with E-state index in [1.54, 1.807) is 7.05 Å². The summed E-state index contributed by atoms with van der Waals surface area (Å²) in [6, 6.07) is 10.3. The average Bonchev–Trinajstić information content (AvgIpc) is 2.65. The minimum absolute atomic E-state index is 0.853. The molecule has 1 heterocycles. The Morgan fingerprint density at radius 1 is 1.29 bits per heavy atom. The topological polar surface area (TPSA) is 29.3 Å². The van der Waals surface area contributed by atoms with Crippen LogP contribution in [0.2, 0.25) is 0 Å². The van der Waals surface area contributed by atoms with E-state index in [-0.39, 0.29) is 0 Å². The van der Waals surface area contributed by atoms with Crippen LogP contribution in [-0.4, -0.2) is 24.6 Å². The average molecular weight is 187 g/mol. The van der Waals surface area contributed by atoms with Crippen LogP contribution in [0.25, 0.3) is 10.9 Å². The van der Waals surface area contributed by atoms with Gasteiger partial charge in [0.2, 0.25) is 5.96 Å². The van der Waals surface area contributed by atoms with Crippen LogP contribution in [0.5, 0.6) is 0 Å². The molecule has 0 spiro atoms. The van der Waals surface area contributed by atoms with Crippen LogP contribution in [-0.2, 0) is 0 Å². The number of aliphatic imine (C=N–C) groups is 1. The highest BCUT2D eigenvalue weighted by Gasteiger charge is 2.02. The maximum atomic E-state index is 4.17. The van der Waals surface area contributed by atoms with Crippen LogP contribution in [0.15, 0.2) is 41.5 Å².